The number of Topliss-reactive ketones (excluding diaryl/α,β-unsaturated/α-hetero) is 1. The number of ketones is 1. The van der Waals surface area contributed by atoms with Gasteiger partial charge in [0, 0.05) is 10.4 Å². The van der Waals surface area contributed by atoms with E-state index in [0.717, 1.165) is 48.9 Å². The molecule has 5 rings (SSSR count). The van der Waals surface area contributed by atoms with Crippen LogP contribution in [0.4, 0.5) is 0 Å². The van der Waals surface area contributed by atoms with Gasteiger partial charge in [-0.15, -0.1) is 0 Å². The SMILES string of the molecule is CCCCC1=C([Si](c2ccccc2)(c2ccccc2)C(C)(C)C)C(=O)C([Si](c2ccccc2)(c2ccccc2)C(C)(C)C)=C1CCCC. The third-order valence-corrected chi connectivity index (χ3v) is 22.7. The highest BCUT2D eigenvalue weighted by molar-refractivity contribution is 7.16. The summed E-state index contributed by atoms with van der Waals surface area (Å²) in [6, 6.07) is 44.6. The van der Waals surface area contributed by atoms with Crippen molar-refractivity contribution in [2.45, 2.75) is 104 Å². The number of carbonyl (C=O) groups is 1. The summed E-state index contributed by atoms with van der Waals surface area (Å²) in [5.41, 5.74) is 2.76. The van der Waals surface area contributed by atoms with Gasteiger partial charge in [0.05, 0.1) is 0 Å². The fraction of sp³-hybridized carbons (Fsp3) is 0.356. The molecule has 1 aliphatic rings. The highest BCUT2D eigenvalue weighted by Crippen LogP contribution is 2.53. The average molecular weight is 669 g/mol. The fourth-order valence-corrected chi connectivity index (χ4v) is 21.0. The first-order chi connectivity index (χ1) is 23.0. The first-order valence-corrected chi connectivity index (χ1v) is 22.2. The molecule has 0 aliphatic heterocycles. The molecule has 1 nitrogen and oxygen atoms in total. The highest BCUT2D eigenvalue weighted by Gasteiger charge is 2.61. The van der Waals surface area contributed by atoms with Crippen molar-refractivity contribution >= 4 is 42.7 Å². The number of rotatable bonds is 12. The van der Waals surface area contributed by atoms with Crippen molar-refractivity contribution in [2.75, 3.05) is 0 Å². The lowest BCUT2D eigenvalue weighted by molar-refractivity contribution is -0.111. The molecule has 3 heteroatoms. The second-order valence-electron chi connectivity index (χ2n) is 15.7. The third kappa shape index (κ3) is 5.98. The van der Waals surface area contributed by atoms with Gasteiger partial charge in [0.1, 0.15) is 0 Å². The van der Waals surface area contributed by atoms with Crippen molar-refractivity contribution in [1.82, 2.24) is 0 Å². The smallest absolute Gasteiger partial charge is 0.179 e. The summed E-state index contributed by atoms with van der Waals surface area (Å²) in [7, 11) is -5.89. The summed E-state index contributed by atoms with van der Waals surface area (Å²) in [4.78, 5) is 16.5. The van der Waals surface area contributed by atoms with Crippen molar-refractivity contribution in [2.24, 2.45) is 0 Å². The number of benzene rings is 4. The quantitative estimate of drug-likeness (QED) is 0.137. The second-order valence-corrected chi connectivity index (χ2v) is 25.0. The zero-order valence-electron chi connectivity index (χ0n) is 30.7. The Kier molecular flexibility index (Phi) is 10.8. The van der Waals surface area contributed by atoms with E-state index in [1.54, 1.807) is 0 Å². The van der Waals surface area contributed by atoms with Crippen molar-refractivity contribution < 1.29 is 4.79 Å². The molecule has 0 atom stereocenters. The maximum atomic E-state index is 16.5. The summed E-state index contributed by atoms with van der Waals surface area (Å²) in [6.45, 7) is 19.0. The minimum Gasteiger partial charge on any atom is -0.290 e. The molecule has 0 N–H and O–H groups in total. The van der Waals surface area contributed by atoms with Gasteiger partial charge < -0.3 is 0 Å². The average Bonchev–Trinajstić information content (AvgIpc) is 3.34. The van der Waals surface area contributed by atoms with Gasteiger partial charge in [-0.1, -0.05) is 190 Å². The first-order valence-electron chi connectivity index (χ1n) is 18.2. The van der Waals surface area contributed by atoms with Crippen LogP contribution >= 0.6 is 0 Å². The Bertz CT molecular complexity index is 1530. The minimum absolute atomic E-state index is 0.172. The van der Waals surface area contributed by atoms with E-state index < -0.39 is 16.1 Å². The molecule has 1 aliphatic carbocycles. The standard InChI is InChI=1S/C45H56OSi2/c1-9-11-33-39-40(34-12-10-2)43(48(45(6,7)8,37-29-21-15-22-30-37)38-31-23-16-24-32-38)41(46)42(39)47(44(3,4)5,35-25-17-13-18-26-35)36-27-19-14-20-28-36/h13-32H,9-12,33-34H2,1-8H3. The normalized spacial score (nSPS) is 14.6. The largest absolute Gasteiger partial charge is 0.290 e. The topological polar surface area (TPSA) is 17.1 Å². The van der Waals surface area contributed by atoms with Gasteiger partial charge in [-0.05, 0) is 67.7 Å². The summed E-state index contributed by atoms with van der Waals surface area (Å²) >= 11 is 0. The minimum atomic E-state index is -2.94. The number of hydrogen-bond donors (Lipinski definition) is 0. The Hall–Kier alpha value is -3.54. The van der Waals surface area contributed by atoms with E-state index in [9.17, 15) is 0 Å². The van der Waals surface area contributed by atoms with Crippen LogP contribution in [0.3, 0.4) is 0 Å². The molecule has 4 aromatic carbocycles. The van der Waals surface area contributed by atoms with E-state index in [-0.39, 0.29) is 10.1 Å². The van der Waals surface area contributed by atoms with Gasteiger partial charge in [0.2, 0.25) is 0 Å². The van der Waals surface area contributed by atoms with E-state index in [1.807, 2.05) is 0 Å². The van der Waals surface area contributed by atoms with E-state index in [1.165, 1.54) is 31.9 Å². The van der Waals surface area contributed by atoms with Crippen LogP contribution in [0.1, 0.15) is 93.9 Å². The second kappa shape index (κ2) is 14.5. The fourth-order valence-electron chi connectivity index (χ4n) is 8.90. The Morgan fingerprint density at radius 3 is 0.896 bits per heavy atom. The van der Waals surface area contributed by atoms with Gasteiger partial charge in [-0.2, -0.15) is 0 Å². The third-order valence-electron chi connectivity index (χ3n) is 10.8. The summed E-state index contributed by atoms with van der Waals surface area (Å²) in [6.07, 6.45) is 6.25. The molecule has 0 fully saturated rings. The van der Waals surface area contributed by atoms with Crippen LogP contribution in [0, 0.1) is 0 Å². The molecular formula is C45H56OSi2. The molecule has 0 amide bonds. The summed E-state index contributed by atoms with van der Waals surface area (Å²) in [5.74, 6) is 0.343. The van der Waals surface area contributed by atoms with Crippen LogP contribution in [0.5, 0.6) is 0 Å². The molecule has 48 heavy (non-hydrogen) atoms. The number of allylic oxidation sites excluding steroid dienone is 4. The van der Waals surface area contributed by atoms with Gasteiger partial charge in [0.15, 0.2) is 21.9 Å². The van der Waals surface area contributed by atoms with Crippen LogP contribution in [-0.2, 0) is 4.79 Å². The number of unbranched alkanes of at least 4 members (excludes halogenated alkanes) is 2. The monoisotopic (exact) mass is 668 g/mol. The Morgan fingerprint density at radius 2 is 0.688 bits per heavy atom. The van der Waals surface area contributed by atoms with Gasteiger partial charge in [0.25, 0.3) is 0 Å². The van der Waals surface area contributed by atoms with Gasteiger partial charge >= 0.3 is 0 Å². The maximum Gasteiger partial charge on any atom is 0.179 e. The number of hydrogen-bond acceptors (Lipinski definition) is 1. The number of carbonyl (C=O) groups excluding carboxylic acids is 1. The van der Waals surface area contributed by atoms with Gasteiger partial charge in [-0.3, -0.25) is 4.79 Å². The summed E-state index contributed by atoms with van der Waals surface area (Å²) in [5, 5.41) is 7.31. The van der Waals surface area contributed by atoms with E-state index >= 15 is 4.79 Å². The van der Waals surface area contributed by atoms with E-state index in [4.69, 9.17) is 0 Å². The molecule has 0 unspecified atom stereocenters. The lowest BCUT2D eigenvalue weighted by atomic mass is 9.99. The van der Waals surface area contributed by atoms with Crippen molar-refractivity contribution in [3.63, 3.8) is 0 Å². The molecule has 4 aromatic rings. The predicted octanol–water partition coefficient (Wildman–Crippen LogP) is 9.75. The zero-order chi connectivity index (χ0) is 34.6. The molecule has 0 saturated carbocycles. The van der Waals surface area contributed by atoms with Crippen molar-refractivity contribution in [1.29, 1.82) is 0 Å². The van der Waals surface area contributed by atoms with Crippen molar-refractivity contribution in [3.05, 3.63) is 143 Å². The molecule has 0 saturated heterocycles. The summed E-state index contributed by atoms with van der Waals surface area (Å²) < 4.78 is 0. The first kappa shape index (κ1) is 35.8. The lowest BCUT2D eigenvalue weighted by Crippen LogP contribution is -2.70. The molecule has 0 spiro atoms. The van der Waals surface area contributed by atoms with E-state index in [2.05, 4.69) is 177 Å². The lowest BCUT2D eigenvalue weighted by Gasteiger charge is -2.47. The van der Waals surface area contributed by atoms with Crippen LogP contribution in [0.25, 0.3) is 0 Å². The van der Waals surface area contributed by atoms with Crippen LogP contribution in [-0.4, -0.2) is 21.9 Å². The van der Waals surface area contributed by atoms with Gasteiger partial charge in [-0.25, -0.2) is 0 Å². The Balaban J connectivity index is 2.01. The van der Waals surface area contributed by atoms with Crippen LogP contribution < -0.4 is 20.7 Å². The molecule has 0 bridgehead atoms. The molecule has 0 heterocycles. The predicted molar refractivity (Wildman–Crippen MR) is 213 cm³/mol. The van der Waals surface area contributed by atoms with E-state index in [0.29, 0.717) is 5.78 Å². The Labute approximate surface area is 293 Å². The molecular weight excluding hydrogens is 613 g/mol. The van der Waals surface area contributed by atoms with Crippen LogP contribution in [0.2, 0.25) is 10.1 Å². The molecule has 0 radical (unpaired) electrons. The zero-order valence-corrected chi connectivity index (χ0v) is 32.7. The molecule has 0 aromatic heterocycles. The van der Waals surface area contributed by atoms with Crippen LogP contribution in [0.15, 0.2) is 143 Å². The molecule has 250 valence electrons. The Morgan fingerprint density at radius 1 is 0.438 bits per heavy atom. The van der Waals surface area contributed by atoms with Crippen molar-refractivity contribution in [3.8, 4) is 0 Å². The maximum absolute atomic E-state index is 16.5. The highest BCUT2D eigenvalue weighted by atomic mass is 28.3.